The highest BCUT2D eigenvalue weighted by molar-refractivity contribution is 5.84. The summed E-state index contributed by atoms with van der Waals surface area (Å²) in [4.78, 5) is 26.9. The number of nitrogens with zero attached hydrogens (tertiary/aromatic N) is 1. The van der Waals surface area contributed by atoms with E-state index in [4.69, 9.17) is 14.2 Å². The van der Waals surface area contributed by atoms with Crippen LogP contribution in [0.15, 0.2) is 42.5 Å². The fourth-order valence-corrected chi connectivity index (χ4v) is 4.03. The molecule has 1 aliphatic heterocycles. The lowest BCUT2D eigenvalue weighted by atomic mass is 9.72. The number of carbonyl (C=O) groups is 2. The van der Waals surface area contributed by atoms with Crippen molar-refractivity contribution >= 4 is 11.9 Å². The zero-order valence-corrected chi connectivity index (χ0v) is 18.1. The summed E-state index contributed by atoms with van der Waals surface area (Å²) in [6.45, 7) is 4.73. The van der Waals surface area contributed by atoms with Crippen molar-refractivity contribution in [2.75, 3.05) is 27.3 Å². The third kappa shape index (κ3) is 4.27. The van der Waals surface area contributed by atoms with E-state index < -0.39 is 5.41 Å². The highest BCUT2D eigenvalue weighted by Crippen LogP contribution is 2.38. The Labute approximate surface area is 177 Å². The van der Waals surface area contributed by atoms with Gasteiger partial charge >= 0.3 is 5.97 Å². The number of methoxy groups -OCH3 is 2. The molecule has 3 rings (SSSR count). The fourth-order valence-electron chi connectivity index (χ4n) is 4.03. The molecule has 1 saturated heterocycles. The van der Waals surface area contributed by atoms with E-state index in [-0.39, 0.29) is 18.5 Å². The first kappa shape index (κ1) is 21.7. The van der Waals surface area contributed by atoms with Crippen LogP contribution in [-0.4, -0.2) is 44.1 Å². The van der Waals surface area contributed by atoms with Crippen LogP contribution in [0, 0.1) is 6.92 Å². The number of amides is 1. The minimum atomic E-state index is -0.752. The van der Waals surface area contributed by atoms with E-state index in [1.165, 1.54) is 0 Å². The third-order valence-electron chi connectivity index (χ3n) is 5.98. The van der Waals surface area contributed by atoms with Crippen LogP contribution in [0.25, 0.3) is 0 Å². The van der Waals surface area contributed by atoms with Gasteiger partial charge in [0.25, 0.3) is 0 Å². The SMILES string of the molecule is COc1cc(C)c(COC(=O)C2(c3ccccc3)CCN(C(C)=O)CC2)cc1OC. The molecule has 6 heteroatoms. The standard InChI is InChI=1S/C24H29NO5/c1-17-14-21(28-3)22(29-4)15-19(17)16-30-23(27)24(20-8-6-5-7-9-20)10-12-25(13-11-24)18(2)26/h5-9,14-15H,10-13,16H2,1-4H3. The van der Waals surface area contributed by atoms with E-state index in [2.05, 4.69) is 0 Å². The highest BCUT2D eigenvalue weighted by atomic mass is 16.5. The average molecular weight is 411 g/mol. The van der Waals surface area contributed by atoms with E-state index in [1.54, 1.807) is 26.0 Å². The van der Waals surface area contributed by atoms with Gasteiger partial charge in [0.1, 0.15) is 6.61 Å². The van der Waals surface area contributed by atoms with Gasteiger partial charge in [0.05, 0.1) is 19.6 Å². The van der Waals surface area contributed by atoms with Crippen LogP contribution < -0.4 is 9.47 Å². The van der Waals surface area contributed by atoms with Crippen LogP contribution in [-0.2, 0) is 26.3 Å². The number of hydrogen-bond donors (Lipinski definition) is 0. The Kier molecular flexibility index (Phi) is 6.65. The summed E-state index contributed by atoms with van der Waals surface area (Å²) in [5.74, 6) is 1.01. The predicted molar refractivity (Wildman–Crippen MR) is 114 cm³/mol. The van der Waals surface area contributed by atoms with Gasteiger partial charge in [-0.25, -0.2) is 0 Å². The molecule has 0 aromatic heterocycles. The van der Waals surface area contributed by atoms with Gasteiger partial charge in [0, 0.05) is 20.0 Å². The molecule has 1 fully saturated rings. The third-order valence-corrected chi connectivity index (χ3v) is 5.98. The highest BCUT2D eigenvalue weighted by Gasteiger charge is 2.44. The average Bonchev–Trinajstić information content (AvgIpc) is 2.78. The molecule has 1 heterocycles. The molecule has 1 aliphatic rings. The number of carbonyl (C=O) groups excluding carboxylic acids is 2. The molecule has 0 unspecified atom stereocenters. The molecular weight excluding hydrogens is 382 g/mol. The summed E-state index contributed by atoms with van der Waals surface area (Å²) in [7, 11) is 3.17. The van der Waals surface area contributed by atoms with Crippen LogP contribution in [0.4, 0.5) is 0 Å². The van der Waals surface area contributed by atoms with E-state index in [9.17, 15) is 9.59 Å². The molecule has 0 radical (unpaired) electrons. The molecule has 6 nitrogen and oxygen atoms in total. The summed E-state index contributed by atoms with van der Waals surface area (Å²) in [5.41, 5.74) is 2.01. The molecule has 160 valence electrons. The number of ether oxygens (including phenoxy) is 3. The zero-order chi connectivity index (χ0) is 21.7. The molecule has 30 heavy (non-hydrogen) atoms. The monoisotopic (exact) mass is 411 g/mol. The smallest absolute Gasteiger partial charge is 0.317 e. The Hall–Kier alpha value is -3.02. The fraction of sp³-hybridized carbons (Fsp3) is 0.417. The summed E-state index contributed by atoms with van der Waals surface area (Å²) in [5, 5.41) is 0. The topological polar surface area (TPSA) is 65.1 Å². The van der Waals surface area contributed by atoms with E-state index in [0.717, 1.165) is 16.7 Å². The van der Waals surface area contributed by atoms with Crippen molar-refractivity contribution in [2.45, 2.75) is 38.7 Å². The first-order valence-electron chi connectivity index (χ1n) is 10.1. The Morgan fingerprint density at radius 1 is 1.00 bits per heavy atom. The number of piperidine rings is 1. The van der Waals surface area contributed by atoms with Crippen molar-refractivity contribution in [3.8, 4) is 11.5 Å². The molecule has 0 saturated carbocycles. The van der Waals surface area contributed by atoms with Crippen LogP contribution in [0.3, 0.4) is 0 Å². The van der Waals surface area contributed by atoms with Crippen LogP contribution >= 0.6 is 0 Å². The van der Waals surface area contributed by atoms with Crippen molar-refractivity contribution in [2.24, 2.45) is 0 Å². The maximum atomic E-state index is 13.4. The van der Waals surface area contributed by atoms with Crippen molar-refractivity contribution in [1.29, 1.82) is 0 Å². The number of esters is 1. The summed E-state index contributed by atoms with van der Waals surface area (Å²) < 4.78 is 16.5. The quantitative estimate of drug-likeness (QED) is 0.679. The molecule has 0 atom stereocenters. The van der Waals surface area contributed by atoms with Crippen molar-refractivity contribution in [1.82, 2.24) is 4.90 Å². The summed E-state index contributed by atoms with van der Waals surface area (Å²) in [6.07, 6.45) is 1.08. The predicted octanol–water partition coefficient (Wildman–Crippen LogP) is 3.64. The lowest BCUT2D eigenvalue weighted by Crippen LogP contribution is -2.49. The number of hydrogen-bond acceptors (Lipinski definition) is 5. The van der Waals surface area contributed by atoms with Gasteiger partial charge in [-0.3, -0.25) is 9.59 Å². The van der Waals surface area contributed by atoms with Gasteiger partial charge in [0.15, 0.2) is 11.5 Å². The van der Waals surface area contributed by atoms with E-state index in [1.807, 2.05) is 49.4 Å². The molecule has 2 aromatic carbocycles. The molecule has 0 bridgehead atoms. The van der Waals surface area contributed by atoms with Gasteiger partial charge in [-0.15, -0.1) is 0 Å². The van der Waals surface area contributed by atoms with Crippen LogP contribution in [0.2, 0.25) is 0 Å². The van der Waals surface area contributed by atoms with Crippen LogP contribution in [0.5, 0.6) is 11.5 Å². The van der Waals surface area contributed by atoms with Gasteiger partial charge in [-0.05, 0) is 48.6 Å². The van der Waals surface area contributed by atoms with E-state index in [0.29, 0.717) is 37.4 Å². The Morgan fingerprint density at radius 2 is 1.60 bits per heavy atom. The minimum Gasteiger partial charge on any atom is -0.493 e. The lowest BCUT2D eigenvalue weighted by Gasteiger charge is -2.40. The summed E-state index contributed by atoms with van der Waals surface area (Å²) >= 11 is 0. The number of likely N-dealkylation sites (tertiary alicyclic amines) is 1. The second kappa shape index (κ2) is 9.20. The lowest BCUT2D eigenvalue weighted by molar-refractivity contribution is -0.155. The molecule has 0 N–H and O–H groups in total. The Morgan fingerprint density at radius 3 is 2.17 bits per heavy atom. The van der Waals surface area contributed by atoms with Gasteiger partial charge < -0.3 is 19.1 Å². The van der Waals surface area contributed by atoms with Gasteiger partial charge in [-0.2, -0.15) is 0 Å². The first-order chi connectivity index (χ1) is 14.4. The molecule has 0 spiro atoms. The van der Waals surface area contributed by atoms with Crippen molar-refractivity contribution < 1.29 is 23.8 Å². The zero-order valence-electron chi connectivity index (χ0n) is 18.1. The number of aryl methyl sites for hydroxylation is 1. The van der Waals surface area contributed by atoms with Crippen molar-refractivity contribution in [3.63, 3.8) is 0 Å². The maximum Gasteiger partial charge on any atom is 0.317 e. The number of rotatable bonds is 6. The Bertz CT molecular complexity index is 901. The molecular formula is C24H29NO5. The molecule has 1 amide bonds. The number of benzene rings is 2. The van der Waals surface area contributed by atoms with Crippen LogP contribution in [0.1, 0.15) is 36.5 Å². The Balaban J connectivity index is 1.82. The normalized spacial score (nSPS) is 15.4. The molecule has 2 aromatic rings. The van der Waals surface area contributed by atoms with Crippen molar-refractivity contribution in [3.05, 3.63) is 59.2 Å². The van der Waals surface area contributed by atoms with Gasteiger partial charge in [-0.1, -0.05) is 30.3 Å². The first-order valence-corrected chi connectivity index (χ1v) is 10.1. The second-order valence-electron chi connectivity index (χ2n) is 7.66. The largest absolute Gasteiger partial charge is 0.493 e. The van der Waals surface area contributed by atoms with Gasteiger partial charge in [0.2, 0.25) is 5.91 Å². The maximum absolute atomic E-state index is 13.4. The second-order valence-corrected chi connectivity index (χ2v) is 7.66. The minimum absolute atomic E-state index is 0.0333. The molecule has 0 aliphatic carbocycles. The summed E-state index contributed by atoms with van der Waals surface area (Å²) in [6, 6.07) is 13.4. The van der Waals surface area contributed by atoms with E-state index >= 15 is 0 Å².